The summed E-state index contributed by atoms with van der Waals surface area (Å²) < 4.78 is 23.1. The first kappa shape index (κ1) is 44.5. The zero-order chi connectivity index (χ0) is 39.1. The summed E-state index contributed by atoms with van der Waals surface area (Å²) in [5.41, 5.74) is 5.26. The van der Waals surface area contributed by atoms with Gasteiger partial charge < -0.3 is 23.4 Å². The molecule has 4 aromatic rings. The first-order valence-corrected chi connectivity index (χ1v) is 20.9. The minimum Gasteiger partial charge on any atom is -0.497 e. The van der Waals surface area contributed by atoms with Crippen LogP contribution in [0.5, 0.6) is 23.0 Å². The van der Waals surface area contributed by atoms with Crippen molar-refractivity contribution in [1.29, 1.82) is 0 Å². The number of quaternary nitrogens is 1. The van der Waals surface area contributed by atoms with Crippen molar-refractivity contribution in [2.45, 2.75) is 104 Å². The summed E-state index contributed by atoms with van der Waals surface area (Å²) in [6.45, 7) is 15.0. The van der Waals surface area contributed by atoms with Crippen LogP contribution in [-0.2, 0) is 25.3 Å². The molecule has 0 aliphatic carbocycles. The molecular formula is C48H72BNO4. The number of nitrogens with zero attached hydrogens (tertiary/aromatic N) is 1. The number of unbranched alkanes of at least 4 members (excludes halogenated alkanes) is 4. The Kier molecular flexibility index (Phi) is 20.2. The van der Waals surface area contributed by atoms with Crippen molar-refractivity contribution in [3.05, 3.63) is 119 Å². The van der Waals surface area contributed by atoms with Crippen LogP contribution in [0.2, 0.25) is 0 Å². The highest BCUT2D eigenvalue weighted by molar-refractivity contribution is 6.77. The van der Waals surface area contributed by atoms with Crippen molar-refractivity contribution in [2.75, 3.05) is 54.6 Å². The Morgan fingerprint density at radius 3 is 0.722 bits per heavy atom. The third-order valence-electron chi connectivity index (χ3n) is 11.3. The van der Waals surface area contributed by atoms with Crippen molar-refractivity contribution < 1.29 is 23.4 Å². The van der Waals surface area contributed by atoms with Gasteiger partial charge in [0.2, 0.25) is 0 Å². The van der Waals surface area contributed by atoms with Crippen LogP contribution in [0.4, 0.5) is 0 Å². The molecule has 0 radical (unpaired) electrons. The van der Waals surface area contributed by atoms with Gasteiger partial charge in [-0.15, -0.1) is 0 Å². The van der Waals surface area contributed by atoms with E-state index in [1.807, 2.05) is 0 Å². The van der Waals surface area contributed by atoms with Gasteiger partial charge in [-0.1, -0.05) is 124 Å². The Morgan fingerprint density at radius 2 is 0.556 bits per heavy atom. The van der Waals surface area contributed by atoms with Gasteiger partial charge in [0, 0.05) is 6.15 Å². The minimum absolute atomic E-state index is 0.877. The second-order valence-electron chi connectivity index (χ2n) is 15.6. The van der Waals surface area contributed by atoms with Crippen LogP contribution in [0.3, 0.4) is 0 Å². The second-order valence-corrected chi connectivity index (χ2v) is 15.6. The van der Waals surface area contributed by atoms with Gasteiger partial charge in [-0.2, -0.15) is 25.3 Å². The fourth-order valence-electron chi connectivity index (χ4n) is 8.12. The lowest BCUT2D eigenvalue weighted by Crippen LogP contribution is -2.50. The van der Waals surface area contributed by atoms with Crippen molar-refractivity contribution in [3.8, 4) is 23.0 Å². The number of hydrogen-bond donors (Lipinski definition) is 0. The summed E-state index contributed by atoms with van der Waals surface area (Å²) in [5, 5.41) is 0. The Balaban J connectivity index is 0.000000390. The lowest BCUT2D eigenvalue weighted by Gasteiger charge is -2.41. The molecule has 54 heavy (non-hydrogen) atoms. The van der Waals surface area contributed by atoms with Crippen LogP contribution in [0.15, 0.2) is 97.1 Å². The number of rotatable bonds is 24. The fourth-order valence-corrected chi connectivity index (χ4v) is 8.12. The molecular weight excluding hydrogens is 665 g/mol. The summed E-state index contributed by atoms with van der Waals surface area (Å²) in [5.74, 6) is 3.51. The summed E-state index contributed by atoms with van der Waals surface area (Å²) in [7, 11) is 6.83. The topological polar surface area (TPSA) is 36.9 Å². The van der Waals surface area contributed by atoms with Gasteiger partial charge in [-0.25, -0.2) is 0 Å². The first-order chi connectivity index (χ1) is 26.3. The van der Waals surface area contributed by atoms with E-state index in [1.165, 1.54) is 104 Å². The number of ether oxygens (including phenoxy) is 4. The Bertz CT molecular complexity index is 1300. The fraction of sp³-hybridized carbons (Fsp3) is 0.500. The van der Waals surface area contributed by atoms with Gasteiger partial charge in [0.25, 0.3) is 0 Å². The van der Waals surface area contributed by atoms with Crippen molar-refractivity contribution in [3.63, 3.8) is 0 Å². The standard InChI is InChI=1S/C32H36BO4.C16H36N/c1-34-29-13-5-25(6-14-29)21-33(22-26-7-15-30(35-2)16-8-26,23-27-9-17-31(36-3)18-10-27)24-28-11-19-32(37-4)20-12-28;1-5-9-13-17(14-10-6-2,15-11-7-3)16-12-8-4/h5-20H,21-24H2,1-4H3;5-16H2,1-4H3/q-1;+1. The molecule has 0 aliphatic rings. The summed E-state index contributed by atoms with van der Waals surface area (Å²) in [4.78, 5) is 0. The maximum atomic E-state index is 5.42. The third-order valence-corrected chi connectivity index (χ3v) is 11.3. The van der Waals surface area contributed by atoms with Crippen LogP contribution >= 0.6 is 0 Å². The van der Waals surface area contributed by atoms with Gasteiger partial charge in [-0.05, 0) is 74.2 Å². The van der Waals surface area contributed by atoms with Gasteiger partial charge in [0.1, 0.15) is 23.0 Å². The van der Waals surface area contributed by atoms with Crippen LogP contribution < -0.4 is 18.9 Å². The molecule has 0 atom stereocenters. The zero-order valence-electron chi connectivity index (χ0n) is 35.2. The molecule has 0 unspecified atom stereocenters. The van der Waals surface area contributed by atoms with E-state index in [2.05, 4.69) is 125 Å². The van der Waals surface area contributed by atoms with Crippen LogP contribution in [0.1, 0.15) is 101 Å². The van der Waals surface area contributed by atoms with Gasteiger partial charge >= 0.3 is 0 Å². The van der Waals surface area contributed by atoms with E-state index in [4.69, 9.17) is 18.9 Å². The number of benzene rings is 4. The van der Waals surface area contributed by atoms with Crippen LogP contribution in [-0.4, -0.2) is 65.2 Å². The highest BCUT2D eigenvalue weighted by Gasteiger charge is 2.27. The molecule has 0 saturated heterocycles. The monoisotopic (exact) mass is 738 g/mol. The molecule has 4 aromatic carbocycles. The van der Waals surface area contributed by atoms with Gasteiger partial charge in [0.15, 0.2) is 0 Å². The van der Waals surface area contributed by atoms with Gasteiger partial charge in [-0.3, -0.25) is 0 Å². The predicted octanol–water partition coefficient (Wildman–Crippen LogP) is 11.6. The Labute approximate surface area is 329 Å². The largest absolute Gasteiger partial charge is 0.497 e. The molecule has 6 heteroatoms. The molecule has 5 nitrogen and oxygen atoms in total. The lowest BCUT2D eigenvalue weighted by molar-refractivity contribution is -0.929. The smallest absolute Gasteiger partial charge is 0.118 e. The molecule has 0 aromatic heterocycles. The van der Waals surface area contributed by atoms with E-state index < -0.39 is 6.15 Å². The maximum absolute atomic E-state index is 5.42. The summed E-state index contributed by atoms with van der Waals surface area (Å²) in [6, 6.07) is 34.1. The molecule has 0 heterocycles. The van der Waals surface area contributed by atoms with Crippen LogP contribution in [0, 0.1) is 0 Å². The van der Waals surface area contributed by atoms with Crippen molar-refractivity contribution in [1.82, 2.24) is 0 Å². The van der Waals surface area contributed by atoms with E-state index in [-0.39, 0.29) is 0 Å². The SMILES string of the molecule is CCCC[N+](CCCC)(CCCC)CCCC.COc1ccc(C[B-](Cc2ccc(OC)cc2)(Cc2ccc(OC)cc2)Cc2ccc(OC)cc2)cc1. The van der Waals surface area contributed by atoms with E-state index in [0.29, 0.717) is 0 Å². The zero-order valence-corrected chi connectivity index (χ0v) is 35.2. The quantitative estimate of drug-likeness (QED) is 0.0530. The minimum atomic E-state index is -0.957. The Morgan fingerprint density at radius 1 is 0.352 bits per heavy atom. The summed E-state index contributed by atoms with van der Waals surface area (Å²) >= 11 is 0. The molecule has 0 saturated carbocycles. The molecule has 0 spiro atoms. The molecule has 0 aliphatic heterocycles. The molecule has 296 valence electrons. The molecule has 0 bridgehead atoms. The summed E-state index contributed by atoms with van der Waals surface area (Å²) in [6.07, 6.45) is 14.0. The van der Waals surface area contributed by atoms with Gasteiger partial charge in [0.05, 0.1) is 54.6 Å². The van der Waals surface area contributed by atoms with Crippen molar-refractivity contribution >= 4 is 6.15 Å². The van der Waals surface area contributed by atoms with E-state index in [9.17, 15) is 0 Å². The second kappa shape index (κ2) is 24.5. The lowest BCUT2D eigenvalue weighted by atomic mass is 9.16. The number of methoxy groups -OCH3 is 4. The Hall–Kier alpha value is -3.90. The first-order valence-electron chi connectivity index (χ1n) is 20.9. The molecule has 0 N–H and O–H groups in total. The number of hydrogen-bond acceptors (Lipinski definition) is 4. The van der Waals surface area contributed by atoms with E-state index in [1.54, 1.807) is 28.4 Å². The average Bonchev–Trinajstić information content (AvgIpc) is 3.21. The van der Waals surface area contributed by atoms with E-state index in [0.717, 1.165) is 48.3 Å². The van der Waals surface area contributed by atoms with Crippen molar-refractivity contribution in [2.24, 2.45) is 0 Å². The molecule has 4 rings (SSSR count). The molecule has 0 amide bonds. The molecule has 0 fully saturated rings. The average molecular weight is 738 g/mol. The van der Waals surface area contributed by atoms with Crippen LogP contribution in [0.25, 0.3) is 0 Å². The maximum Gasteiger partial charge on any atom is 0.118 e. The normalized spacial score (nSPS) is 11.4. The third kappa shape index (κ3) is 15.1. The highest BCUT2D eigenvalue weighted by Crippen LogP contribution is 2.29. The van der Waals surface area contributed by atoms with E-state index >= 15 is 0 Å². The predicted molar refractivity (Wildman–Crippen MR) is 232 cm³/mol. The highest BCUT2D eigenvalue weighted by atomic mass is 16.5.